The van der Waals surface area contributed by atoms with E-state index in [-0.39, 0.29) is 5.57 Å². The molecule has 0 aliphatic carbocycles. The van der Waals surface area contributed by atoms with E-state index in [0.717, 1.165) is 11.3 Å². The minimum Gasteiger partial charge on any atom is -0.360 e. The van der Waals surface area contributed by atoms with Crippen molar-refractivity contribution in [3.05, 3.63) is 41.6 Å². The zero-order chi connectivity index (χ0) is 13.6. The second-order valence-corrected chi connectivity index (χ2v) is 4.24. The lowest BCUT2D eigenvalue weighted by Gasteiger charge is -2.16. The van der Waals surface area contributed by atoms with Crippen molar-refractivity contribution in [2.45, 2.75) is 19.3 Å². The molecule has 0 atom stereocenters. The molecule has 1 aromatic rings. The normalized spacial score (nSPS) is 9.50. The molecular weight excluding hydrogens is 224 g/mol. The summed E-state index contributed by atoms with van der Waals surface area (Å²) < 4.78 is 0. The molecule has 4 heteroatoms. The van der Waals surface area contributed by atoms with Crippen molar-refractivity contribution in [1.29, 1.82) is 15.8 Å². The Hall–Kier alpha value is -2.77. The van der Waals surface area contributed by atoms with Crippen molar-refractivity contribution in [2.24, 2.45) is 0 Å². The molecule has 18 heavy (non-hydrogen) atoms. The van der Waals surface area contributed by atoms with E-state index in [4.69, 9.17) is 15.8 Å². The number of allylic oxidation sites excluding steroid dienone is 1. The largest absolute Gasteiger partial charge is 0.360 e. The van der Waals surface area contributed by atoms with Crippen LogP contribution in [-0.4, -0.2) is 0 Å². The van der Waals surface area contributed by atoms with Gasteiger partial charge in [0.1, 0.15) is 17.7 Å². The molecule has 1 N–H and O–H groups in total. The summed E-state index contributed by atoms with van der Waals surface area (Å²) in [5.74, 6) is 0. The molecule has 0 saturated carbocycles. The molecule has 0 aromatic heterocycles. The molecule has 1 aromatic carbocycles. The van der Waals surface area contributed by atoms with Crippen molar-refractivity contribution in [3.63, 3.8) is 0 Å². The summed E-state index contributed by atoms with van der Waals surface area (Å²) >= 11 is 0. The van der Waals surface area contributed by atoms with E-state index in [9.17, 15) is 0 Å². The molecular formula is C14H12N4. The monoisotopic (exact) mass is 236 g/mol. The van der Waals surface area contributed by atoms with E-state index in [1.165, 1.54) is 6.20 Å². The number of hydrogen-bond acceptors (Lipinski definition) is 4. The number of nitriles is 3. The van der Waals surface area contributed by atoms with Gasteiger partial charge in [0, 0.05) is 11.9 Å². The van der Waals surface area contributed by atoms with Crippen LogP contribution in [0, 0.1) is 34.0 Å². The summed E-state index contributed by atoms with van der Waals surface area (Å²) in [7, 11) is 0. The van der Waals surface area contributed by atoms with Crippen LogP contribution in [0.15, 0.2) is 36.0 Å². The maximum atomic E-state index is 9.06. The summed E-state index contributed by atoms with van der Waals surface area (Å²) in [4.78, 5) is 0. The second kappa shape index (κ2) is 5.53. The Labute approximate surface area is 106 Å². The third-order valence-electron chi connectivity index (χ3n) is 2.49. The van der Waals surface area contributed by atoms with Crippen LogP contribution in [0.25, 0.3) is 0 Å². The van der Waals surface area contributed by atoms with Gasteiger partial charge in [-0.15, -0.1) is 0 Å². The fourth-order valence-corrected chi connectivity index (χ4v) is 1.31. The topological polar surface area (TPSA) is 83.4 Å². The van der Waals surface area contributed by atoms with Gasteiger partial charge in [-0.05, 0) is 31.5 Å². The summed E-state index contributed by atoms with van der Waals surface area (Å²) in [6.45, 7) is 3.66. The first-order valence-corrected chi connectivity index (χ1v) is 5.32. The number of anilines is 1. The van der Waals surface area contributed by atoms with Crippen LogP contribution in [0.5, 0.6) is 0 Å². The van der Waals surface area contributed by atoms with Crippen LogP contribution in [0.2, 0.25) is 0 Å². The number of rotatable bonds is 3. The van der Waals surface area contributed by atoms with E-state index in [1.807, 2.05) is 32.0 Å². The highest BCUT2D eigenvalue weighted by atomic mass is 14.8. The Bertz CT molecular complexity index is 575. The first-order chi connectivity index (χ1) is 8.53. The van der Waals surface area contributed by atoms with E-state index in [2.05, 4.69) is 11.4 Å². The molecule has 0 aliphatic heterocycles. The van der Waals surface area contributed by atoms with Gasteiger partial charge in [0.2, 0.25) is 0 Å². The summed E-state index contributed by atoms with van der Waals surface area (Å²) in [6, 6.07) is 13.1. The van der Waals surface area contributed by atoms with Crippen LogP contribution in [0.4, 0.5) is 5.69 Å². The molecule has 1 rings (SSSR count). The Balaban J connectivity index is 3.00. The van der Waals surface area contributed by atoms with Gasteiger partial charge < -0.3 is 5.32 Å². The molecule has 0 aliphatic rings. The molecule has 4 nitrogen and oxygen atoms in total. The quantitative estimate of drug-likeness (QED) is 0.818. The molecule has 88 valence electrons. The minimum absolute atomic E-state index is 0.0000496. The average molecular weight is 236 g/mol. The average Bonchev–Trinajstić information content (AvgIpc) is 2.40. The Morgan fingerprint density at radius 2 is 1.89 bits per heavy atom. The van der Waals surface area contributed by atoms with Crippen LogP contribution in [-0.2, 0) is 5.41 Å². The van der Waals surface area contributed by atoms with Crippen LogP contribution >= 0.6 is 0 Å². The SMILES string of the molecule is CC(C)(C#N)c1cccc(NC=C(C#N)C#N)c1. The fourth-order valence-electron chi connectivity index (χ4n) is 1.31. The Kier molecular flexibility index (Phi) is 4.08. The van der Waals surface area contributed by atoms with Gasteiger partial charge in [0.05, 0.1) is 11.5 Å². The smallest absolute Gasteiger partial charge is 0.145 e. The molecule has 0 radical (unpaired) electrons. The highest BCUT2D eigenvalue weighted by Crippen LogP contribution is 2.24. The number of benzene rings is 1. The predicted octanol–water partition coefficient (Wildman–Crippen LogP) is 2.83. The van der Waals surface area contributed by atoms with Crippen molar-refractivity contribution >= 4 is 5.69 Å². The predicted molar refractivity (Wildman–Crippen MR) is 68.0 cm³/mol. The number of nitrogens with one attached hydrogen (secondary N) is 1. The zero-order valence-electron chi connectivity index (χ0n) is 10.2. The summed E-state index contributed by atoms with van der Waals surface area (Å²) in [5, 5.41) is 29.1. The standard InChI is InChI=1S/C14H12N4/c1-14(2,10-17)12-4-3-5-13(6-12)18-9-11(7-15)8-16/h3-6,9,18H,1-2H3. The first kappa shape index (κ1) is 13.3. The first-order valence-electron chi connectivity index (χ1n) is 5.32. The summed E-state index contributed by atoms with van der Waals surface area (Å²) in [5.41, 5.74) is 1.03. The fraction of sp³-hybridized carbons (Fsp3) is 0.214. The van der Waals surface area contributed by atoms with Crippen molar-refractivity contribution in [2.75, 3.05) is 5.32 Å². The van der Waals surface area contributed by atoms with Gasteiger partial charge in [-0.2, -0.15) is 15.8 Å². The summed E-state index contributed by atoms with van der Waals surface area (Å²) in [6.07, 6.45) is 1.35. The Morgan fingerprint density at radius 1 is 1.22 bits per heavy atom. The molecule has 0 saturated heterocycles. The lowest BCUT2D eigenvalue weighted by molar-refractivity contribution is 0.687. The van der Waals surface area contributed by atoms with E-state index >= 15 is 0 Å². The third-order valence-corrected chi connectivity index (χ3v) is 2.49. The number of hydrogen-bond donors (Lipinski definition) is 1. The second-order valence-electron chi connectivity index (χ2n) is 4.24. The van der Waals surface area contributed by atoms with Crippen molar-refractivity contribution in [3.8, 4) is 18.2 Å². The van der Waals surface area contributed by atoms with Crippen molar-refractivity contribution < 1.29 is 0 Å². The van der Waals surface area contributed by atoms with Gasteiger partial charge in [-0.25, -0.2) is 0 Å². The molecule has 0 heterocycles. The van der Waals surface area contributed by atoms with E-state index < -0.39 is 5.41 Å². The molecule has 0 amide bonds. The maximum Gasteiger partial charge on any atom is 0.145 e. The van der Waals surface area contributed by atoms with Gasteiger partial charge in [-0.3, -0.25) is 0 Å². The van der Waals surface area contributed by atoms with Crippen LogP contribution in [0.1, 0.15) is 19.4 Å². The maximum absolute atomic E-state index is 9.06. The van der Waals surface area contributed by atoms with Gasteiger partial charge in [-0.1, -0.05) is 12.1 Å². The minimum atomic E-state index is -0.575. The zero-order valence-corrected chi connectivity index (χ0v) is 10.2. The van der Waals surface area contributed by atoms with E-state index in [0.29, 0.717) is 0 Å². The van der Waals surface area contributed by atoms with Gasteiger partial charge in [0.15, 0.2) is 0 Å². The number of nitrogens with zero attached hydrogens (tertiary/aromatic N) is 3. The highest BCUT2D eigenvalue weighted by molar-refractivity contribution is 5.52. The lowest BCUT2D eigenvalue weighted by Crippen LogP contribution is -2.13. The van der Waals surface area contributed by atoms with Crippen molar-refractivity contribution in [1.82, 2.24) is 0 Å². The highest BCUT2D eigenvalue weighted by Gasteiger charge is 2.19. The Morgan fingerprint density at radius 3 is 2.44 bits per heavy atom. The van der Waals surface area contributed by atoms with Crippen LogP contribution < -0.4 is 5.32 Å². The lowest BCUT2D eigenvalue weighted by atomic mass is 9.86. The molecule has 0 unspecified atom stereocenters. The molecule has 0 spiro atoms. The third kappa shape index (κ3) is 3.11. The molecule has 0 bridgehead atoms. The molecule has 0 fully saturated rings. The van der Waals surface area contributed by atoms with Gasteiger partial charge >= 0.3 is 0 Å². The van der Waals surface area contributed by atoms with E-state index in [1.54, 1.807) is 18.2 Å². The van der Waals surface area contributed by atoms with Crippen LogP contribution in [0.3, 0.4) is 0 Å². The van der Waals surface area contributed by atoms with Gasteiger partial charge in [0.25, 0.3) is 0 Å².